The van der Waals surface area contributed by atoms with Gasteiger partial charge in [-0.05, 0) is 72.3 Å². The normalized spacial score (nSPS) is 10.7. The first-order chi connectivity index (χ1) is 14.1. The van der Waals surface area contributed by atoms with Gasteiger partial charge in [0.1, 0.15) is 0 Å². The lowest BCUT2D eigenvalue weighted by molar-refractivity contribution is -0.111. The molecular formula is C23H20BrNO3S. The molecule has 0 heterocycles. The standard InChI is InChI=1S/C23H20BrNO3S/c1-27-21-13-3-16(15-22(21)28-2)4-14-23(26)25-18-7-11-20(12-8-18)29-19-9-5-17(24)6-10-19/h3-15H,1-2H3,(H,25,26). The summed E-state index contributed by atoms with van der Waals surface area (Å²) in [4.78, 5) is 14.5. The first-order valence-electron chi connectivity index (χ1n) is 8.82. The lowest BCUT2D eigenvalue weighted by Crippen LogP contribution is -2.07. The highest BCUT2D eigenvalue weighted by atomic mass is 79.9. The van der Waals surface area contributed by atoms with E-state index < -0.39 is 0 Å². The number of nitrogens with one attached hydrogen (secondary N) is 1. The monoisotopic (exact) mass is 469 g/mol. The maximum Gasteiger partial charge on any atom is 0.248 e. The van der Waals surface area contributed by atoms with Crippen molar-refractivity contribution in [3.63, 3.8) is 0 Å². The molecule has 0 unspecified atom stereocenters. The van der Waals surface area contributed by atoms with Crippen LogP contribution >= 0.6 is 27.7 Å². The fourth-order valence-corrected chi connectivity index (χ4v) is 3.64. The van der Waals surface area contributed by atoms with Crippen molar-refractivity contribution in [3.8, 4) is 11.5 Å². The largest absolute Gasteiger partial charge is 0.493 e. The maximum atomic E-state index is 12.2. The maximum absolute atomic E-state index is 12.2. The predicted molar refractivity (Wildman–Crippen MR) is 122 cm³/mol. The Balaban J connectivity index is 1.59. The molecule has 29 heavy (non-hydrogen) atoms. The first-order valence-corrected chi connectivity index (χ1v) is 10.4. The molecule has 0 atom stereocenters. The lowest BCUT2D eigenvalue weighted by Gasteiger charge is -2.07. The summed E-state index contributed by atoms with van der Waals surface area (Å²) < 4.78 is 11.5. The van der Waals surface area contributed by atoms with Gasteiger partial charge in [-0.15, -0.1) is 0 Å². The van der Waals surface area contributed by atoms with Crippen LogP contribution in [0.25, 0.3) is 6.08 Å². The molecule has 3 aromatic rings. The van der Waals surface area contributed by atoms with E-state index in [9.17, 15) is 4.79 Å². The minimum atomic E-state index is -0.201. The van der Waals surface area contributed by atoms with Crippen molar-refractivity contribution in [1.29, 1.82) is 0 Å². The predicted octanol–water partition coefficient (Wildman–Crippen LogP) is 6.27. The molecule has 148 valence electrons. The quantitative estimate of drug-likeness (QED) is 0.414. The molecule has 0 spiro atoms. The summed E-state index contributed by atoms with van der Waals surface area (Å²) in [5.74, 6) is 1.07. The number of benzene rings is 3. The van der Waals surface area contributed by atoms with Gasteiger partial charge in [-0.1, -0.05) is 33.8 Å². The molecule has 0 aliphatic rings. The lowest BCUT2D eigenvalue weighted by atomic mass is 10.2. The summed E-state index contributed by atoms with van der Waals surface area (Å²) in [6, 6.07) is 21.4. The van der Waals surface area contributed by atoms with E-state index in [1.165, 1.54) is 6.08 Å². The SMILES string of the molecule is COc1ccc(C=CC(=O)Nc2ccc(Sc3ccc(Br)cc3)cc2)cc1OC. The minimum Gasteiger partial charge on any atom is -0.493 e. The van der Waals surface area contributed by atoms with Gasteiger partial charge in [0, 0.05) is 26.0 Å². The van der Waals surface area contributed by atoms with Crippen molar-refractivity contribution < 1.29 is 14.3 Å². The van der Waals surface area contributed by atoms with E-state index in [1.807, 2.05) is 48.5 Å². The van der Waals surface area contributed by atoms with Crippen molar-refractivity contribution in [2.75, 3.05) is 19.5 Å². The van der Waals surface area contributed by atoms with Crippen LogP contribution in [0.3, 0.4) is 0 Å². The molecule has 0 aliphatic heterocycles. The topological polar surface area (TPSA) is 47.6 Å². The average Bonchev–Trinajstić information content (AvgIpc) is 2.75. The van der Waals surface area contributed by atoms with Crippen LogP contribution in [0, 0.1) is 0 Å². The minimum absolute atomic E-state index is 0.201. The van der Waals surface area contributed by atoms with E-state index in [2.05, 4.69) is 33.4 Å². The van der Waals surface area contributed by atoms with Gasteiger partial charge in [0.2, 0.25) is 5.91 Å². The second kappa shape index (κ2) is 10.2. The zero-order valence-electron chi connectivity index (χ0n) is 16.0. The number of methoxy groups -OCH3 is 2. The van der Waals surface area contributed by atoms with Gasteiger partial charge in [0.25, 0.3) is 0 Å². The number of hydrogen-bond acceptors (Lipinski definition) is 4. The van der Waals surface area contributed by atoms with Crippen LogP contribution in [0.15, 0.2) is 87.1 Å². The molecule has 6 heteroatoms. The highest BCUT2D eigenvalue weighted by Crippen LogP contribution is 2.30. The number of carbonyl (C=O) groups excluding carboxylic acids is 1. The van der Waals surface area contributed by atoms with Crippen LogP contribution in [0.4, 0.5) is 5.69 Å². The van der Waals surface area contributed by atoms with Crippen molar-refractivity contribution in [2.24, 2.45) is 0 Å². The van der Waals surface area contributed by atoms with Crippen molar-refractivity contribution in [3.05, 3.63) is 82.8 Å². The number of ether oxygens (including phenoxy) is 2. The fraction of sp³-hybridized carbons (Fsp3) is 0.0870. The Morgan fingerprint density at radius 3 is 2.14 bits per heavy atom. The third-order valence-corrected chi connectivity index (χ3v) is 5.55. The van der Waals surface area contributed by atoms with Crippen LogP contribution in [0.2, 0.25) is 0 Å². The zero-order valence-corrected chi connectivity index (χ0v) is 18.4. The van der Waals surface area contributed by atoms with E-state index in [0.29, 0.717) is 11.5 Å². The summed E-state index contributed by atoms with van der Waals surface area (Å²) in [6.07, 6.45) is 3.22. The number of amides is 1. The molecule has 0 radical (unpaired) electrons. The fourth-order valence-electron chi connectivity index (χ4n) is 2.56. The molecular weight excluding hydrogens is 450 g/mol. The summed E-state index contributed by atoms with van der Waals surface area (Å²) in [6.45, 7) is 0. The van der Waals surface area contributed by atoms with Gasteiger partial charge in [-0.3, -0.25) is 4.79 Å². The Hall–Kier alpha value is -2.70. The number of carbonyl (C=O) groups is 1. The van der Waals surface area contributed by atoms with E-state index in [-0.39, 0.29) is 5.91 Å². The second-order valence-electron chi connectivity index (χ2n) is 6.02. The number of halogens is 1. The van der Waals surface area contributed by atoms with Crippen LogP contribution in [0.5, 0.6) is 11.5 Å². The van der Waals surface area contributed by atoms with Crippen LogP contribution in [0.1, 0.15) is 5.56 Å². The summed E-state index contributed by atoms with van der Waals surface area (Å²) in [7, 11) is 3.17. The van der Waals surface area contributed by atoms with E-state index in [0.717, 1.165) is 25.5 Å². The van der Waals surface area contributed by atoms with Crippen LogP contribution < -0.4 is 14.8 Å². The molecule has 0 saturated heterocycles. The Bertz CT molecular complexity index is 1000. The Morgan fingerprint density at radius 1 is 0.897 bits per heavy atom. The van der Waals surface area contributed by atoms with Crippen LogP contribution in [-0.4, -0.2) is 20.1 Å². The number of anilines is 1. The smallest absolute Gasteiger partial charge is 0.248 e. The van der Waals surface area contributed by atoms with Crippen molar-refractivity contribution in [2.45, 2.75) is 9.79 Å². The molecule has 0 fully saturated rings. The van der Waals surface area contributed by atoms with Crippen molar-refractivity contribution in [1.82, 2.24) is 0 Å². The first kappa shape index (κ1) is 21.0. The molecule has 3 rings (SSSR count). The summed E-state index contributed by atoms with van der Waals surface area (Å²) in [5, 5.41) is 2.86. The van der Waals surface area contributed by atoms with Gasteiger partial charge in [0.15, 0.2) is 11.5 Å². The van der Waals surface area contributed by atoms with Gasteiger partial charge < -0.3 is 14.8 Å². The molecule has 0 bridgehead atoms. The molecule has 1 amide bonds. The Morgan fingerprint density at radius 2 is 1.52 bits per heavy atom. The highest BCUT2D eigenvalue weighted by molar-refractivity contribution is 9.10. The van der Waals surface area contributed by atoms with Gasteiger partial charge in [-0.2, -0.15) is 0 Å². The van der Waals surface area contributed by atoms with Gasteiger partial charge in [0.05, 0.1) is 14.2 Å². The molecule has 3 aromatic carbocycles. The van der Waals surface area contributed by atoms with Crippen molar-refractivity contribution >= 4 is 45.4 Å². The second-order valence-corrected chi connectivity index (χ2v) is 8.08. The molecule has 0 aliphatic carbocycles. The third kappa shape index (κ3) is 6.14. The number of rotatable bonds is 7. The summed E-state index contributed by atoms with van der Waals surface area (Å²) in [5.41, 5.74) is 1.59. The van der Waals surface area contributed by atoms with E-state index in [1.54, 1.807) is 38.1 Å². The molecule has 0 aromatic heterocycles. The van der Waals surface area contributed by atoms with Gasteiger partial charge in [-0.25, -0.2) is 0 Å². The highest BCUT2D eigenvalue weighted by Gasteiger charge is 2.04. The molecule has 4 nitrogen and oxygen atoms in total. The zero-order chi connectivity index (χ0) is 20.6. The molecule has 0 saturated carbocycles. The third-order valence-electron chi connectivity index (χ3n) is 4.01. The van der Waals surface area contributed by atoms with E-state index >= 15 is 0 Å². The summed E-state index contributed by atoms with van der Waals surface area (Å²) >= 11 is 5.11. The Kier molecular flexibility index (Phi) is 7.38. The van der Waals surface area contributed by atoms with Crippen LogP contribution in [-0.2, 0) is 4.79 Å². The molecule has 1 N–H and O–H groups in total. The number of hydrogen-bond donors (Lipinski definition) is 1. The van der Waals surface area contributed by atoms with Gasteiger partial charge >= 0.3 is 0 Å². The average molecular weight is 470 g/mol. The van der Waals surface area contributed by atoms with E-state index in [4.69, 9.17) is 9.47 Å². The Labute approximate surface area is 183 Å².